The number of hydrogen-bond donors (Lipinski definition) is 1. The Morgan fingerprint density at radius 3 is 2.47 bits per heavy atom. The van der Waals surface area contributed by atoms with Crippen molar-refractivity contribution < 1.29 is 8.42 Å². The molecule has 1 aliphatic heterocycles. The first-order valence-corrected chi connectivity index (χ1v) is 6.99. The number of hydrogen-bond acceptors (Lipinski definition) is 3. The van der Waals surface area contributed by atoms with Crippen molar-refractivity contribution in [3.05, 3.63) is 40.2 Å². The predicted octanol–water partition coefficient (Wildman–Crippen LogP) is 2.17. The van der Waals surface area contributed by atoms with E-state index in [0.717, 1.165) is 10.2 Å². The van der Waals surface area contributed by atoms with E-state index in [2.05, 4.69) is 21.2 Å². The van der Waals surface area contributed by atoms with Gasteiger partial charge in [0.15, 0.2) is 9.84 Å². The molecule has 2 rings (SSSR count). The molecule has 80 valence electrons. The zero-order chi connectivity index (χ0) is 10.9. The third kappa shape index (κ3) is 2.82. The molecule has 0 aliphatic carbocycles. The van der Waals surface area contributed by atoms with E-state index in [1.54, 1.807) is 6.08 Å². The summed E-state index contributed by atoms with van der Waals surface area (Å²) in [5.74, 6) is 0.142. The molecule has 1 N–H and O–H groups in total. The maximum atomic E-state index is 11.2. The summed E-state index contributed by atoms with van der Waals surface area (Å²) < 4.78 is 23.3. The zero-order valence-corrected chi connectivity index (χ0v) is 10.3. The number of sulfone groups is 1. The van der Waals surface area contributed by atoms with Crippen LogP contribution in [0.2, 0.25) is 0 Å². The molecule has 0 spiro atoms. The fourth-order valence-corrected chi connectivity index (χ4v) is 2.93. The molecule has 15 heavy (non-hydrogen) atoms. The van der Waals surface area contributed by atoms with Crippen LogP contribution in [0.3, 0.4) is 0 Å². The molecule has 0 aromatic heterocycles. The molecule has 1 aromatic rings. The molecule has 5 heteroatoms. The van der Waals surface area contributed by atoms with Crippen LogP contribution in [0.5, 0.6) is 0 Å². The average Bonchev–Trinajstić information content (AvgIpc) is 2.50. The van der Waals surface area contributed by atoms with E-state index in [1.807, 2.05) is 24.3 Å². The summed E-state index contributed by atoms with van der Waals surface area (Å²) in [4.78, 5) is 0. The van der Waals surface area contributed by atoms with E-state index in [9.17, 15) is 8.42 Å². The number of benzene rings is 1. The second-order valence-electron chi connectivity index (χ2n) is 3.42. The van der Waals surface area contributed by atoms with E-state index in [4.69, 9.17) is 0 Å². The van der Waals surface area contributed by atoms with Gasteiger partial charge in [-0.2, -0.15) is 0 Å². The van der Waals surface area contributed by atoms with Crippen LogP contribution in [0.15, 0.2) is 40.2 Å². The van der Waals surface area contributed by atoms with Crippen LogP contribution in [0.25, 0.3) is 0 Å². The first kappa shape index (κ1) is 10.7. The molecule has 0 radical (unpaired) electrons. The van der Waals surface area contributed by atoms with Crippen LogP contribution in [-0.4, -0.2) is 20.2 Å². The molecule has 1 heterocycles. The summed E-state index contributed by atoms with van der Waals surface area (Å²) in [6, 6.07) is 7.52. The second kappa shape index (κ2) is 3.98. The SMILES string of the molecule is O=S1(=O)C=C[C@@H](Nc2ccc(Br)cc2)C1. The summed E-state index contributed by atoms with van der Waals surface area (Å²) in [7, 11) is -2.98. The Kier molecular flexibility index (Phi) is 2.84. The molecule has 0 amide bonds. The van der Waals surface area contributed by atoms with Crippen molar-refractivity contribution in [3.8, 4) is 0 Å². The topological polar surface area (TPSA) is 46.2 Å². The highest BCUT2D eigenvalue weighted by atomic mass is 79.9. The third-order valence-corrected chi connectivity index (χ3v) is 4.05. The van der Waals surface area contributed by atoms with Crippen molar-refractivity contribution in [2.75, 3.05) is 11.1 Å². The van der Waals surface area contributed by atoms with Gasteiger partial charge in [-0.3, -0.25) is 0 Å². The van der Waals surface area contributed by atoms with E-state index in [-0.39, 0.29) is 11.8 Å². The van der Waals surface area contributed by atoms with E-state index in [0.29, 0.717) is 0 Å². The lowest BCUT2D eigenvalue weighted by molar-refractivity contribution is 0.605. The monoisotopic (exact) mass is 287 g/mol. The van der Waals surface area contributed by atoms with Crippen molar-refractivity contribution in [2.45, 2.75) is 6.04 Å². The predicted molar refractivity (Wildman–Crippen MR) is 64.5 cm³/mol. The number of rotatable bonds is 2. The van der Waals surface area contributed by atoms with E-state index >= 15 is 0 Å². The van der Waals surface area contributed by atoms with Gasteiger partial charge in [-0.1, -0.05) is 22.0 Å². The fraction of sp³-hybridized carbons (Fsp3) is 0.200. The van der Waals surface area contributed by atoms with E-state index in [1.165, 1.54) is 5.41 Å². The minimum absolute atomic E-state index is 0.115. The lowest BCUT2D eigenvalue weighted by Gasteiger charge is -2.11. The molecule has 0 saturated carbocycles. The molecule has 0 unspecified atom stereocenters. The maximum Gasteiger partial charge on any atom is 0.173 e. The standard InChI is InChI=1S/C10H10BrNO2S/c11-8-1-3-9(4-2-8)12-10-5-6-15(13,14)7-10/h1-6,10,12H,7H2/t10-/m1/s1. The van der Waals surface area contributed by atoms with Crippen LogP contribution >= 0.6 is 15.9 Å². The Labute approximate surface area is 97.2 Å². The Hall–Kier alpha value is -0.810. The van der Waals surface area contributed by atoms with Crippen LogP contribution in [0.4, 0.5) is 5.69 Å². The molecule has 3 nitrogen and oxygen atoms in total. The molecule has 0 bridgehead atoms. The molecular weight excluding hydrogens is 278 g/mol. The lowest BCUT2D eigenvalue weighted by atomic mass is 10.2. The highest BCUT2D eigenvalue weighted by Gasteiger charge is 2.20. The van der Waals surface area contributed by atoms with Gasteiger partial charge in [-0.25, -0.2) is 8.42 Å². The normalized spacial score (nSPS) is 22.9. The van der Waals surface area contributed by atoms with Crippen molar-refractivity contribution >= 4 is 31.5 Å². The summed E-state index contributed by atoms with van der Waals surface area (Å²) in [6.45, 7) is 0. The van der Waals surface area contributed by atoms with Crippen molar-refractivity contribution in [1.29, 1.82) is 0 Å². The smallest absolute Gasteiger partial charge is 0.173 e. The fourth-order valence-electron chi connectivity index (χ4n) is 1.43. The van der Waals surface area contributed by atoms with Gasteiger partial charge in [0.1, 0.15) is 0 Å². The first-order valence-electron chi connectivity index (χ1n) is 4.48. The Morgan fingerprint density at radius 1 is 1.27 bits per heavy atom. The summed E-state index contributed by atoms with van der Waals surface area (Å²) >= 11 is 3.34. The average molecular weight is 288 g/mol. The van der Waals surface area contributed by atoms with Gasteiger partial charge in [-0.15, -0.1) is 0 Å². The van der Waals surface area contributed by atoms with Gasteiger partial charge in [0.25, 0.3) is 0 Å². The number of anilines is 1. The largest absolute Gasteiger partial charge is 0.378 e. The highest BCUT2D eigenvalue weighted by molar-refractivity contribution is 9.10. The van der Waals surface area contributed by atoms with Gasteiger partial charge in [0.2, 0.25) is 0 Å². The summed E-state index contributed by atoms with van der Waals surface area (Å²) in [5, 5.41) is 4.40. The van der Waals surface area contributed by atoms with Crippen LogP contribution in [0.1, 0.15) is 0 Å². The molecule has 0 fully saturated rings. The van der Waals surface area contributed by atoms with Crippen molar-refractivity contribution in [3.63, 3.8) is 0 Å². The minimum Gasteiger partial charge on any atom is -0.378 e. The molecule has 1 atom stereocenters. The number of nitrogens with one attached hydrogen (secondary N) is 1. The van der Waals surface area contributed by atoms with Crippen molar-refractivity contribution in [1.82, 2.24) is 0 Å². The highest BCUT2D eigenvalue weighted by Crippen LogP contribution is 2.17. The van der Waals surface area contributed by atoms with Gasteiger partial charge < -0.3 is 5.32 Å². The van der Waals surface area contributed by atoms with E-state index < -0.39 is 9.84 Å². The molecule has 1 aliphatic rings. The third-order valence-electron chi connectivity index (χ3n) is 2.13. The van der Waals surface area contributed by atoms with Crippen LogP contribution in [0, 0.1) is 0 Å². The Morgan fingerprint density at radius 2 is 1.93 bits per heavy atom. The molecule has 1 aromatic carbocycles. The number of halogens is 1. The lowest BCUT2D eigenvalue weighted by Crippen LogP contribution is -2.20. The van der Waals surface area contributed by atoms with Gasteiger partial charge >= 0.3 is 0 Å². The quantitative estimate of drug-likeness (QED) is 0.907. The van der Waals surface area contributed by atoms with Gasteiger partial charge in [-0.05, 0) is 24.3 Å². The minimum atomic E-state index is -2.98. The molecule has 0 saturated heterocycles. The second-order valence-corrected chi connectivity index (χ2v) is 6.26. The zero-order valence-electron chi connectivity index (χ0n) is 7.85. The summed E-state index contributed by atoms with van der Waals surface area (Å²) in [5.41, 5.74) is 0.921. The van der Waals surface area contributed by atoms with Crippen LogP contribution in [-0.2, 0) is 9.84 Å². The van der Waals surface area contributed by atoms with Gasteiger partial charge in [0, 0.05) is 15.6 Å². The summed E-state index contributed by atoms with van der Waals surface area (Å²) in [6.07, 6.45) is 1.68. The molecular formula is C10H10BrNO2S. The first-order chi connectivity index (χ1) is 7.05. The Balaban J connectivity index is 2.05. The van der Waals surface area contributed by atoms with Crippen molar-refractivity contribution in [2.24, 2.45) is 0 Å². The maximum absolute atomic E-state index is 11.2. The van der Waals surface area contributed by atoms with Gasteiger partial charge in [0.05, 0.1) is 11.8 Å². The van der Waals surface area contributed by atoms with Crippen LogP contribution < -0.4 is 5.32 Å². The Bertz CT molecular complexity index is 479.